The maximum Gasteiger partial charge on any atom is 0.0705 e. The first-order valence-electron chi connectivity index (χ1n) is 19.8. The van der Waals surface area contributed by atoms with Crippen LogP contribution in [0.4, 0.5) is 0 Å². The number of fused-ring (bicyclic) bond motifs is 9. The van der Waals surface area contributed by atoms with E-state index in [1.807, 2.05) is 11.8 Å². The number of thioether (sulfide) groups is 1. The van der Waals surface area contributed by atoms with Gasteiger partial charge >= 0.3 is 0 Å². The van der Waals surface area contributed by atoms with E-state index in [1.165, 1.54) is 56.9 Å². The van der Waals surface area contributed by atoms with Crippen LogP contribution in [-0.4, -0.2) is 16.2 Å². The van der Waals surface area contributed by atoms with Gasteiger partial charge in [0, 0.05) is 44.3 Å². The topological polar surface area (TPSA) is 3.24 Å². The Morgan fingerprint density at radius 1 is 0.750 bits per heavy atom. The van der Waals surface area contributed by atoms with Crippen molar-refractivity contribution in [1.29, 1.82) is 0 Å². The van der Waals surface area contributed by atoms with E-state index in [9.17, 15) is 0 Å². The number of rotatable bonds is 3. The Morgan fingerprint density at radius 2 is 1.69 bits per heavy atom. The largest absolute Gasteiger partial charge is 0.344 e. The van der Waals surface area contributed by atoms with Crippen molar-refractivity contribution in [3.8, 4) is 0 Å². The second-order valence-corrected chi connectivity index (χ2v) is 18.0. The van der Waals surface area contributed by atoms with Gasteiger partial charge in [-0.15, -0.1) is 11.8 Å². The lowest BCUT2D eigenvalue weighted by molar-refractivity contribution is 0.276. The van der Waals surface area contributed by atoms with E-state index in [4.69, 9.17) is 0 Å². The van der Waals surface area contributed by atoms with Crippen molar-refractivity contribution < 1.29 is 0 Å². The smallest absolute Gasteiger partial charge is 0.0705 e. The minimum Gasteiger partial charge on any atom is -0.344 e. The molecule has 1 spiro atoms. The molecular formula is C49H45NS2. The highest BCUT2D eigenvalue weighted by molar-refractivity contribution is 8.04. The fourth-order valence-corrected chi connectivity index (χ4v) is 13.8. The molecule has 3 heterocycles. The summed E-state index contributed by atoms with van der Waals surface area (Å²) in [4.78, 5) is 7.29. The summed E-state index contributed by atoms with van der Waals surface area (Å²) in [5.41, 5.74) is 14.9. The molecule has 2 aromatic carbocycles. The van der Waals surface area contributed by atoms with Crippen molar-refractivity contribution in [2.45, 2.75) is 90.7 Å². The van der Waals surface area contributed by atoms with Crippen LogP contribution in [0.1, 0.15) is 80.9 Å². The second kappa shape index (κ2) is 12.6. The van der Waals surface area contributed by atoms with Crippen molar-refractivity contribution in [2.75, 3.05) is 0 Å². The van der Waals surface area contributed by atoms with Gasteiger partial charge in [-0.3, -0.25) is 0 Å². The van der Waals surface area contributed by atoms with Crippen LogP contribution in [-0.2, 0) is 5.41 Å². The third-order valence-corrected chi connectivity index (χ3v) is 15.7. The van der Waals surface area contributed by atoms with Crippen molar-refractivity contribution in [2.24, 2.45) is 11.8 Å². The van der Waals surface area contributed by atoms with Gasteiger partial charge < -0.3 is 4.90 Å². The first-order valence-corrected chi connectivity index (χ1v) is 21.5. The molecule has 0 bridgehead atoms. The summed E-state index contributed by atoms with van der Waals surface area (Å²) in [6.45, 7) is 0. The van der Waals surface area contributed by atoms with Gasteiger partial charge in [0.15, 0.2) is 0 Å². The lowest BCUT2D eigenvalue weighted by Crippen LogP contribution is -2.43. The molecule has 3 heteroatoms. The molecule has 0 fully saturated rings. The molecule has 9 aliphatic rings. The molecule has 6 aliphatic carbocycles. The highest BCUT2D eigenvalue weighted by Gasteiger charge is 2.54. The molecule has 1 nitrogen and oxygen atoms in total. The summed E-state index contributed by atoms with van der Waals surface area (Å²) in [5, 5.41) is 0.421. The second-order valence-electron chi connectivity index (χ2n) is 15.7. The van der Waals surface area contributed by atoms with Gasteiger partial charge in [-0.05, 0) is 132 Å². The molecule has 0 saturated carbocycles. The summed E-state index contributed by atoms with van der Waals surface area (Å²) < 4.78 is 0. The standard InChI is InChI=1S/C49H45NS2/c1-3-15-32(16-4-1)33-29-30-40-46(31-33)51-44-27-11-8-22-38(44)49(40)39-23-9-12-28-45(39)52-48-36(21-13-24-41(48)49)35-20-14-26-43-47(35)37-19-7-10-25-42(37)50(43)34-17-5-2-6-18-34/h2-3,5,7-9,11-13,15-17,19-20,22-24,27,29-31,36-37,42,45H,1,4,6,10,14,18,21,25-26,28H2. The fourth-order valence-electron chi connectivity index (χ4n) is 11.0. The molecule has 5 unspecified atom stereocenters. The molecule has 5 atom stereocenters. The summed E-state index contributed by atoms with van der Waals surface area (Å²) in [6, 6.07) is 17.4. The zero-order chi connectivity index (χ0) is 34.2. The van der Waals surface area contributed by atoms with Crippen LogP contribution in [0.15, 0.2) is 176 Å². The van der Waals surface area contributed by atoms with Crippen LogP contribution >= 0.6 is 23.5 Å². The first-order chi connectivity index (χ1) is 25.8. The quantitative estimate of drug-likeness (QED) is 0.292. The van der Waals surface area contributed by atoms with Crippen LogP contribution in [0.2, 0.25) is 0 Å². The normalized spacial score (nSPS) is 30.9. The zero-order valence-electron chi connectivity index (χ0n) is 29.8. The van der Waals surface area contributed by atoms with E-state index in [2.05, 4.69) is 144 Å². The van der Waals surface area contributed by atoms with Crippen LogP contribution in [0.5, 0.6) is 0 Å². The molecule has 0 radical (unpaired) electrons. The number of hydrogen-bond donors (Lipinski definition) is 0. The van der Waals surface area contributed by atoms with Crippen LogP contribution in [0.3, 0.4) is 0 Å². The monoisotopic (exact) mass is 711 g/mol. The predicted octanol–water partition coefficient (Wildman–Crippen LogP) is 12.9. The molecule has 52 heavy (non-hydrogen) atoms. The molecule has 3 aliphatic heterocycles. The number of allylic oxidation sites excluding steroid dienone is 19. The molecule has 0 amide bonds. The van der Waals surface area contributed by atoms with Gasteiger partial charge in [-0.2, -0.15) is 0 Å². The van der Waals surface area contributed by atoms with E-state index in [1.54, 1.807) is 33.0 Å². The minimum absolute atomic E-state index is 0.307. The summed E-state index contributed by atoms with van der Waals surface area (Å²) in [6.07, 6.45) is 45.8. The van der Waals surface area contributed by atoms with Gasteiger partial charge in [0.25, 0.3) is 0 Å². The SMILES string of the molecule is C1=CCCC(N2C3=C(C(C4CC=CC5=C4SC4CC=CC=C4C54c5ccccc5Sc5cc(C6=CCCC=C6)ccc54)=CCC3)C3C=CCCC32)=C1. The van der Waals surface area contributed by atoms with E-state index in [0.717, 1.165) is 44.9 Å². The van der Waals surface area contributed by atoms with Gasteiger partial charge in [0.1, 0.15) is 0 Å². The van der Waals surface area contributed by atoms with E-state index in [0.29, 0.717) is 23.1 Å². The highest BCUT2D eigenvalue weighted by Crippen LogP contribution is 2.66. The summed E-state index contributed by atoms with van der Waals surface area (Å²) in [7, 11) is 0. The Morgan fingerprint density at radius 3 is 2.62 bits per heavy atom. The van der Waals surface area contributed by atoms with E-state index < -0.39 is 0 Å². The van der Waals surface area contributed by atoms with Crippen molar-refractivity contribution >= 4 is 29.1 Å². The molecule has 0 aromatic heterocycles. The lowest BCUT2D eigenvalue weighted by atomic mass is 9.60. The van der Waals surface area contributed by atoms with Gasteiger partial charge in [-0.25, -0.2) is 0 Å². The Labute approximate surface area is 317 Å². The van der Waals surface area contributed by atoms with Crippen molar-refractivity contribution in [1.82, 2.24) is 4.90 Å². The third kappa shape index (κ3) is 4.64. The fraction of sp³-hybridized carbons (Fsp3) is 0.306. The van der Waals surface area contributed by atoms with Gasteiger partial charge in [-0.1, -0.05) is 121 Å². The maximum atomic E-state index is 2.84. The van der Waals surface area contributed by atoms with Crippen LogP contribution in [0.25, 0.3) is 5.57 Å². The number of hydrogen-bond acceptors (Lipinski definition) is 3. The molecule has 258 valence electrons. The molecular weight excluding hydrogens is 667 g/mol. The Balaban J connectivity index is 1.12. The molecule has 11 rings (SSSR count). The average Bonchev–Trinajstić information content (AvgIpc) is 3.56. The van der Waals surface area contributed by atoms with Crippen molar-refractivity contribution in [3.63, 3.8) is 0 Å². The minimum atomic E-state index is -0.307. The molecule has 0 N–H and O–H groups in total. The van der Waals surface area contributed by atoms with Gasteiger partial charge in [0.2, 0.25) is 0 Å². The lowest BCUT2D eigenvalue weighted by Gasteiger charge is -2.52. The molecule has 2 aromatic rings. The Bertz CT molecular complexity index is 2240. The first kappa shape index (κ1) is 31.6. The van der Waals surface area contributed by atoms with Crippen LogP contribution < -0.4 is 0 Å². The summed E-state index contributed by atoms with van der Waals surface area (Å²) in [5.74, 6) is 0.875. The zero-order valence-corrected chi connectivity index (χ0v) is 31.4. The van der Waals surface area contributed by atoms with Crippen LogP contribution in [0, 0.1) is 11.8 Å². The maximum absolute atomic E-state index is 2.84. The number of nitrogens with zero attached hydrogens (tertiary/aromatic N) is 1. The average molecular weight is 712 g/mol. The number of benzene rings is 2. The Hall–Kier alpha value is -3.92. The Kier molecular flexibility index (Phi) is 7.65. The van der Waals surface area contributed by atoms with Gasteiger partial charge in [0.05, 0.1) is 5.41 Å². The van der Waals surface area contributed by atoms with Crippen molar-refractivity contribution in [3.05, 3.63) is 183 Å². The van der Waals surface area contributed by atoms with E-state index >= 15 is 0 Å². The third-order valence-electron chi connectivity index (χ3n) is 13.1. The molecule has 0 saturated heterocycles. The van der Waals surface area contributed by atoms with E-state index in [-0.39, 0.29) is 5.41 Å². The highest BCUT2D eigenvalue weighted by atomic mass is 32.2. The summed E-state index contributed by atoms with van der Waals surface area (Å²) >= 11 is 4.19. The predicted molar refractivity (Wildman–Crippen MR) is 220 cm³/mol.